The molecule has 0 amide bonds. The fourth-order valence-corrected chi connectivity index (χ4v) is 4.68. The third kappa shape index (κ3) is 1.31. The van der Waals surface area contributed by atoms with E-state index in [1.54, 1.807) is 0 Å². The van der Waals surface area contributed by atoms with Crippen molar-refractivity contribution in [1.82, 2.24) is 5.32 Å². The second-order valence-electron chi connectivity index (χ2n) is 6.56. The Balaban J connectivity index is 1.34. The van der Waals surface area contributed by atoms with Gasteiger partial charge in [-0.15, -0.1) is 0 Å². The molecule has 4 rings (SSSR count). The number of hydrogen-bond donors (Lipinski definition) is 2. The molecule has 3 heteroatoms. The van der Waals surface area contributed by atoms with E-state index in [4.69, 9.17) is 10.5 Å². The summed E-state index contributed by atoms with van der Waals surface area (Å²) in [6, 6.07) is 0.812. The first kappa shape index (κ1) is 9.86. The van der Waals surface area contributed by atoms with Gasteiger partial charge in [0.15, 0.2) is 0 Å². The molecule has 1 saturated heterocycles. The van der Waals surface area contributed by atoms with Crippen LogP contribution in [0.1, 0.15) is 25.7 Å². The highest BCUT2D eigenvalue weighted by molar-refractivity contribution is 5.17. The van der Waals surface area contributed by atoms with E-state index < -0.39 is 0 Å². The van der Waals surface area contributed by atoms with E-state index in [0.29, 0.717) is 0 Å². The SMILES string of the molecule is NC1(CNC2C3C4CCC(C4)C23)CCOC1. The maximum atomic E-state index is 6.28. The maximum absolute atomic E-state index is 6.28. The minimum absolute atomic E-state index is 0.0735. The van der Waals surface area contributed by atoms with Crippen LogP contribution in [-0.2, 0) is 4.74 Å². The van der Waals surface area contributed by atoms with Crippen LogP contribution in [0.15, 0.2) is 0 Å². The molecule has 3 aliphatic carbocycles. The minimum atomic E-state index is -0.0735. The molecule has 5 atom stereocenters. The lowest BCUT2D eigenvalue weighted by Gasteiger charge is -2.23. The van der Waals surface area contributed by atoms with Crippen molar-refractivity contribution in [2.24, 2.45) is 29.4 Å². The van der Waals surface area contributed by atoms with E-state index >= 15 is 0 Å². The summed E-state index contributed by atoms with van der Waals surface area (Å²) < 4.78 is 5.40. The first-order valence-electron chi connectivity index (χ1n) is 6.87. The topological polar surface area (TPSA) is 47.3 Å². The van der Waals surface area contributed by atoms with Gasteiger partial charge in [-0.1, -0.05) is 0 Å². The number of hydrogen-bond acceptors (Lipinski definition) is 3. The van der Waals surface area contributed by atoms with E-state index in [0.717, 1.165) is 55.9 Å². The molecule has 1 heterocycles. The molecule has 0 aromatic carbocycles. The molecule has 1 aliphatic heterocycles. The van der Waals surface area contributed by atoms with Gasteiger partial charge in [0.05, 0.1) is 12.1 Å². The molecule has 3 N–H and O–H groups in total. The fourth-order valence-electron chi connectivity index (χ4n) is 4.68. The highest BCUT2D eigenvalue weighted by Gasteiger charge is 2.64. The molecule has 3 nitrogen and oxygen atoms in total. The van der Waals surface area contributed by atoms with Crippen molar-refractivity contribution >= 4 is 0 Å². The van der Waals surface area contributed by atoms with E-state index in [1.807, 2.05) is 0 Å². The van der Waals surface area contributed by atoms with E-state index in [9.17, 15) is 0 Å². The summed E-state index contributed by atoms with van der Waals surface area (Å²) >= 11 is 0. The van der Waals surface area contributed by atoms with Crippen LogP contribution < -0.4 is 11.1 Å². The molecule has 0 radical (unpaired) electrons. The van der Waals surface area contributed by atoms with Gasteiger partial charge in [-0.3, -0.25) is 0 Å². The zero-order chi connectivity index (χ0) is 10.8. The van der Waals surface area contributed by atoms with Crippen molar-refractivity contribution in [3.63, 3.8) is 0 Å². The standard InChI is InChI=1S/C13H22N2O/c14-13(3-4-16-7-13)6-15-12-10-8-1-2-9(5-8)11(10)12/h8-12,15H,1-7,14H2. The predicted octanol–water partition coefficient (Wildman–Crippen LogP) is 0.738. The van der Waals surface area contributed by atoms with Gasteiger partial charge in [0.2, 0.25) is 0 Å². The van der Waals surface area contributed by atoms with Crippen LogP contribution in [0.3, 0.4) is 0 Å². The van der Waals surface area contributed by atoms with Gasteiger partial charge in [0.1, 0.15) is 0 Å². The quantitative estimate of drug-likeness (QED) is 0.740. The summed E-state index contributed by atoms with van der Waals surface area (Å²) in [5.41, 5.74) is 6.21. The third-order valence-electron chi connectivity index (χ3n) is 5.56. The first-order valence-corrected chi connectivity index (χ1v) is 6.87. The average molecular weight is 222 g/mol. The molecule has 5 unspecified atom stereocenters. The Hall–Kier alpha value is -0.120. The molecule has 16 heavy (non-hydrogen) atoms. The second kappa shape index (κ2) is 3.21. The monoisotopic (exact) mass is 222 g/mol. The number of fused-ring (bicyclic) bond motifs is 5. The Labute approximate surface area is 97.1 Å². The van der Waals surface area contributed by atoms with Crippen LogP contribution in [0.4, 0.5) is 0 Å². The molecular formula is C13H22N2O. The van der Waals surface area contributed by atoms with E-state index in [-0.39, 0.29) is 5.54 Å². The second-order valence-corrected chi connectivity index (χ2v) is 6.56. The molecule has 0 aromatic heterocycles. The highest BCUT2D eigenvalue weighted by Crippen LogP contribution is 2.65. The van der Waals surface area contributed by atoms with Crippen molar-refractivity contribution in [2.75, 3.05) is 19.8 Å². The van der Waals surface area contributed by atoms with Crippen molar-refractivity contribution in [3.05, 3.63) is 0 Å². The van der Waals surface area contributed by atoms with Crippen molar-refractivity contribution in [1.29, 1.82) is 0 Å². The van der Waals surface area contributed by atoms with Crippen molar-refractivity contribution in [2.45, 2.75) is 37.3 Å². The smallest absolute Gasteiger partial charge is 0.0659 e. The number of nitrogens with two attached hydrogens (primary N) is 1. The van der Waals surface area contributed by atoms with Crippen LogP contribution >= 0.6 is 0 Å². The Morgan fingerprint density at radius 3 is 2.62 bits per heavy atom. The highest BCUT2D eigenvalue weighted by atomic mass is 16.5. The molecule has 4 aliphatic rings. The minimum Gasteiger partial charge on any atom is -0.379 e. The maximum Gasteiger partial charge on any atom is 0.0659 e. The Morgan fingerprint density at radius 1 is 1.25 bits per heavy atom. The third-order valence-corrected chi connectivity index (χ3v) is 5.56. The molecular weight excluding hydrogens is 200 g/mol. The lowest BCUT2D eigenvalue weighted by molar-refractivity contribution is 0.176. The summed E-state index contributed by atoms with van der Waals surface area (Å²) in [6.45, 7) is 2.56. The van der Waals surface area contributed by atoms with E-state index in [2.05, 4.69) is 5.32 Å². The first-order chi connectivity index (χ1) is 7.77. The zero-order valence-corrected chi connectivity index (χ0v) is 9.82. The Kier molecular flexibility index (Phi) is 1.98. The molecule has 3 saturated carbocycles. The number of ether oxygens (including phenoxy) is 1. The van der Waals surface area contributed by atoms with Crippen LogP contribution in [-0.4, -0.2) is 31.3 Å². The van der Waals surface area contributed by atoms with Crippen molar-refractivity contribution in [3.8, 4) is 0 Å². The average Bonchev–Trinajstić information content (AvgIpc) is 2.70. The van der Waals surface area contributed by atoms with Gasteiger partial charge >= 0.3 is 0 Å². The van der Waals surface area contributed by atoms with Crippen LogP contribution in [0.5, 0.6) is 0 Å². The normalized spacial score (nSPS) is 57.9. The largest absolute Gasteiger partial charge is 0.379 e. The molecule has 0 aromatic rings. The van der Waals surface area contributed by atoms with Gasteiger partial charge in [-0.25, -0.2) is 0 Å². The van der Waals surface area contributed by atoms with Crippen LogP contribution in [0.25, 0.3) is 0 Å². The molecule has 2 bridgehead atoms. The molecule has 4 fully saturated rings. The Bertz CT molecular complexity index is 284. The lowest BCUT2D eigenvalue weighted by atomic mass is 10.00. The summed E-state index contributed by atoms with van der Waals surface area (Å²) in [5, 5.41) is 3.74. The summed E-state index contributed by atoms with van der Waals surface area (Å²) in [6.07, 6.45) is 5.56. The van der Waals surface area contributed by atoms with Gasteiger partial charge in [-0.2, -0.15) is 0 Å². The van der Waals surface area contributed by atoms with Gasteiger partial charge in [-0.05, 0) is 49.4 Å². The zero-order valence-electron chi connectivity index (χ0n) is 9.82. The summed E-state index contributed by atoms with van der Waals surface area (Å²) in [4.78, 5) is 0. The van der Waals surface area contributed by atoms with Gasteiger partial charge in [0, 0.05) is 19.2 Å². The summed E-state index contributed by atoms with van der Waals surface area (Å²) in [7, 11) is 0. The van der Waals surface area contributed by atoms with Gasteiger partial charge in [0.25, 0.3) is 0 Å². The number of rotatable bonds is 3. The lowest BCUT2D eigenvalue weighted by Crippen LogP contribution is -2.50. The van der Waals surface area contributed by atoms with Crippen LogP contribution in [0.2, 0.25) is 0 Å². The van der Waals surface area contributed by atoms with E-state index in [1.165, 1.54) is 19.3 Å². The predicted molar refractivity (Wildman–Crippen MR) is 62.0 cm³/mol. The molecule has 0 spiro atoms. The van der Waals surface area contributed by atoms with Gasteiger partial charge < -0.3 is 15.8 Å². The Morgan fingerprint density at radius 2 is 2.00 bits per heavy atom. The fraction of sp³-hybridized carbons (Fsp3) is 1.00. The number of nitrogens with one attached hydrogen (secondary N) is 1. The van der Waals surface area contributed by atoms with Crippen LogP contribution in [0, 0.1) is 23.7 Å². The van der Waals surface area contributed by atoms with Crippen molar-refractivity contribution < 1.29 is 4.74 Å². The summed E-state index contributed by atoms with van der Waals surface area (Å²) in [5.74, 6) is 4.15. The molecule has 90 valence electrons.